The van der Waals surface area contributed by atoms with Gasteiger partial charge < -0.3 is 19.8 Å². The monoisotopic (exact) mass is 1100 g/mol. The van der Waals surface area contributed by atoms with E-state index < -0.39 is 20.0 Å². The van der Waals surface area contributed by atoms with Gasteiger partial charge in [0.1, 0.15) is 13.2 Å². The Morgan fingerprint density at radius 1 is 0.449 bits per heavy atom. The summed E-state index contributed by atoms with van der Waals surface area (Å²) in [5.41, 5.74) is 0. The molecule has 0 saturated heterocycles. The first-order chi connectivity index (χ1) is 38.0. The molecule has 0 aromatic carbocycles. The molecule has 0 aromatic heterocycles. The summed E-state index contributed by atoms with van der Waals surface area (Å²) in [6.45, 7) is 4.69. The highest BCUT2D eigenvalue weighted by atomic mass is 31.2. The minimum Gasteiger partial charge on any atom is -0.387 e. The molecule has 0 aromatic rings. The quantitative estimate of drug-likeness (QED) is 0.0243. The Morgan fingerprint density at radius 3 is 1.13 bits per heavy atom. The van der Waals surface area contributed by atoms with Gasteiger partial charge in [-0.2, -0.15) is 0 Å². The highest BCUT2D eigenvalue weighted by molar-refractivity contribution is 7.47. The lowest BCUT2D eigenvalue weighted by atomic mass is 10.0. The Bertz CT molecular complexity index is 1730. The number of amides is 1. The lowest BCUT2D eigenvalue weighted by Gasteiger charge is -2.25. The van der Waals surface area contributed by atoms with E-state index in [1.807, 2.05) is 27.2 Å². The molecule has 0 aliphatic carbocycles. The highest BCUT2D eigenvalue weighted by Gasteiger charge is 2.27. The molecular formula is C69H120N2O6P+. The zero-order valence-electron chi connectivity index (χ0n) is 50.9. The second kappa shape index (κ2) is 58.3. The number of rotatable bonds is 56. The van der Waals surface area contributed by atoms with Crippen LogP contribution < -0.4 is 5.32 Å². The fourth-order valence-electron chi connectivity index (χ4n) is 8.48. The third-order valence-corrected chi connectivity index (χ3v) is 14.4. The molecular weight excluding hydrogens is 984 g/mol. The molecule has 0 heterocycles. The highest BCUT2D eigenvalue weighted by Crippen LogP contribution is 2.43. The van der Waals surface area contributed by atoms with Crippen LogP contribution in [-0.4, -0.2) is 73.4 Å². The number of unbranched alkanes of at least 4 members (excludes halogenated alkanes) is 23. The van der Waals surface area contributed by atoms with Crippen LogP contribution in [0.15, 0.2) is 134 Å². The number of allylic oxidation sites excluding steroid dienone is 21. The van der Waals surface area contributed by atoms with Crippen LogP contribution in [0.2, 0.25) is 0 Å². The summed E-state index contributed by atoms with van der Waals surface area (Å²) >= 11 is 0. The molecule has 1 amide bonds. The van der Waals surface area contributed by atoms with Crippen LogP contribution in [0.1, 0.15) is 245 Å². The molecule has 3 unspecified atom stereocenters. The minimum atomic E-state index is -4.36. The average Bonchev–Trinajstić information content (AvgIpc) is 3.41. The van der Waals surface area contributed by atoms with Gasteiger partial charge in [0.25, 0.3) is 0 Å². The largest absolute Gasteiger partial charge is 0.472 e. The summed E-state index contributed by atoms with van der Waals surface area (Å²) in [6.07, 6.45) is 88.4. The van der Waals surface area contributed by atoms with Crippen LogP contribution in [0.5, 0.6) is 0 Å². The van der Waals surface area contributed by atoms with E-state index in [1.165, 1.54) is 103 Å². The summed E-state index contributed by atoms with van der Waals surface area (Å²) in [5, 5.41) is 13.9. The Labute approximate surface area is 481 Å². The van der Waals surface area contributed by atoms with E-state index in [2.05, 4.69) is 141 Å². The van der Waals surface area contributed by atoms with Crippen molar-refractivity contribution in [2.75, 3.05) is 40.9 Å². The number of aliphatic hydroxyl groups excluding tert-OH is 1. The average molecular weight is 1100 g/mol. The molecule has 0 fully saturated rings. The number of hydrogen-bond acceptors (Lipinski definition) is 5. The molecule has 0 rings (SSSR count). The lowest BCUT2D eigenvalue weighted by molar-refractivity contribution is -0.870. The first kappa shape index (κ1) is 74.6. The SMILES string of the molecule is CC/C=C\C/C=C\C/C=C\C/C=C\C/C=C\C/C=C\C/C=C\C/C=C\C/C=C\C/C=C\CCCCCCCCC(=O)NC(COP(=O)(O)OCC[N+](C)(C)C)C(O)/C=C/CCCCCCCCCCCCCCCCCCC. The molecule has 446 valence electrons. The van der Waals surface area contributed by atoms with Gasteiger partial charge in [0.15, 0.2) is 0 Å². The van der Waals surface area contributed by atoms with E-state index >= 15 is 0 Å². The first-order valence-corrected chi connectivity index (χ1v) is 33.1. The molecule has 0 saturated carbocycles. The van der Waals surface area contributed by atoms with E-state index in [0.29, 0.717) is 17.4 Å². The Kier molecular flexibility index (Phi) is 55.8. The van der Waals surface area contributed by atoms with Crippen molar-refractivity contribution in [1.82, 2.24) is 5.32 Å². The van der Waals surface area contributed by atoms with Crippen molar-refractivity contribution in [3.8, 4) is 0 Å². The number of nitrogens with zero attached hydrogens (tertiary/aromatic N) is 1. The van der Waals surface area contributed by atoms with Crippen molar-refractivity contribution in [1.29, 1.82) is 0 Å². The molecule has 0 bridgehead atoms. The third kappa shape index (κ3) is 60.3. The summed E-state index contributed by atoms with van der Waals surface area (Å²) in [5.74, 6) is -0.196. The molecule has 0 radical (unpaired) electrons. The van der Waals surface area contributed by atoms with Gasteiger partial charge in [-0.1, -0.05) is 276 Å². The van der Waals surface area contributed by atoms with Gasteiger partial charge in [-0.25, -0.2) is 4.57 Å². The van der Waals surface area contributed by atoms with Gasteiger partial charge in [-0.05, 0) is 96.3 Å². The predicted molar refractivity (Wildman–Crippen MR) is 341 cm³/mol. The number of phosphoric acid groups is 1. The van der Waals surface area contributed by atoms with Crippen LogP contribution in [0.4, 0.5) is 0 Å². The number of aliphatic hydroxyl groups is 1. The maximum absolute atomic E-state index is 13.0. The number of nitrogens with one attached hydrogen (secondary N) is 1. The normalized spacial score (nSPS) is 14.7. The van der Waals surface area contributed by atoms with Crippen LogP contribution in [0.25, 0.3) is 0 Å². The van der Waals surface area contributed by atoms with Crippen molar-refractivity contribution in [2.24, 2.45) is 0 Å². The first-order valence-electron chi connectivity index (χ1n) is 31.6. The zero-order chi connectivity index (χ0) is 57.0. The fourth-order valence-corrected chi connectivity index (χ4v) is 9.22. The fraction of sp³-hybridized carbons (Fsp3) is 0.667. The summed E-state index contributed by atoms with van der Waals surface area (Å²) in [4.78, 5) is 23.3. The number of quaternary nitrogens is 1. The predicted octanol–water partition coefficient (Wildman–Crippen LogP) is 19.9. The molecule has 3 atom stereocenters. The smallest absolute Gasteiger partial charge is 0.387 e. The summed E-state index contributed by atoms with van der Waals surface area (Å²) < 4.78 is 23.7. The zero-order valence-corrected chi connectivity index (χ0v) is 51.7. The van der Waals surface area contributed by atoms with Crippen LogP contribution in [0.3, 0.4) is 0 Å². The number of carbonyl (C=O) groups is 1. The van der Waals surface area contributed by atoms with E-state index in [1.54, 1.807) is 6.08 Å². The van der Waals surface area contributed by atoms with Crippen molar-refractivity contribution >= 4 is 13.7 Å². The van der Waals surface area contributed by atoms with Crippen molar-refractivity contribution in [3.05, 3.63) is 134 Å². The molecule has 3 N–H and O–H groups in total. The Balaban J connectivity index is 4.22. The van der Waals surface area contributed by atoms with Gasteiger partial charge in [0.2, 0.25) is 5.91 Å². The number of likely N-dealkylation sites (N-methyl/N-ethyl adjacent to an activating group) is 1. The van der Waals surface area contributed by atoms with E-state index in [0.717, 1.165) is 122 Å². The van der Waals surface area contributed by atoms with Crippen molar-refractivity contribution in [2.45, 2.75) is 257 Å². The van der Waals surface area contributed by atoms with Gasteiger partial charge in [0.05, 0.1) is 39.9 Å². The van der Waals surface area contributed by atoms with Crippen LogP contribution >= 0.6 is 7.82 Å². The van der Waals surface area contributed by atoms with Gasteiger partial charge in [0, 0.05) is 6.42 Å². The summed E-state index contributed by atoms with van der Waals surface area (Å²) in [6, 6.07) is -0.865. The minimum absolute atomic E-state index is 0.0518. The summed E-state index contributed by atoms with van der Waals surface area (Å²) in [7, 11) is 1.55. The standard InChI is InChI=1S/C69H119N2O6P/c1-6-8-10-12-14-16-18-20-22-24-26-27-28-29-30-31-32-33-34-35-36-37-38-39-40-41-42-43-45-47-49-51-53-55-57-59-61-63-69(73)70-67(66-77-78(74,75)76-65-64-71(3,4)5)68(72)62-60-58-56-54-52-50-48-46-44-25-23-21-19-17-15-13-11-9-7-2/h8,10,14,16,20,22,26-27,29-30,32-33,35-36,38-39,41-42,45,47,60,62,67-68,72H,6-7,9,11-13,15,17-19,21,23-25,28,31,34,37,40,43-44,46,48-59,61,63-66H2,1-5H3,(H-,70,73,74,75)/p+1/b10-8-,16-14-,22-20-,27-26-,30-29-,33-32-,36-35-,39-38-,42-41-,47-45-,62-60+. The third-order valence-electron chi connectivity index (χ3n) is 13.4. The second-order valence-electron chi connectivity index (χ2n) is 22.1. The van der Waals surface area contributed by atoms with Crippen molar-refractivity contribution < 1.29 is 32.9 Å². The number of hydrogen-bond donors (Lipinski definition) is 3. The van der Waals surface area contributed by atoms with Gasteiger partial charge in [-0.15, -0.1) is 0 Å². The van der Waals surface area contributed by atoms with Crippen LogP contribution in [-0.2, 0) is 18.4 Å². The van der Waals surface area contributed by atoms with Gasteiger partial charge >= 0.3 is 7.82 Å². The molecule has 0 aliphatic rings. The molecule has 0 spiro atoms. The Morgan fingerprint density at radius 2 is 0.769 bits per heavy atom. The van der Waals surface area contributed by atoms with E-state index in [-0.39, 0.29) is 19.1 Å². The maximum atomic E-state index is 13.0. The number of phosphoric ester groups is 1. The Hall–Kier alpha value is -3.36. The van der Waals surface area contributed by atoms with Crippen molar-refractivity contribution in [3.63, 3.8) is 0 Å². The van der Waals surface area contributed by atoms with Crippen LogP contribution in [0, 0.1) is 0 Å². The molecule has 78 heavy (non-hydrogen) atoms. The molecule has 8 nitrogen and oxygen atoms in total. The second-order valence-corrected chi connectivity index (χ2v) is 23.5. The molecule has 0 aliphatic heterocycles. The van der Waals surface area contributed by atoms with E-state index in [9.17, 15) is 19.4 Å². The maximum Gasteiger partial charge on any atom is 0.472 e. The van der Waals surface area contributed by atoms with E-state index in [4.69, 9.17) is 9.05 Å². The lowest BCUT2D eigenvalue weighted by Crippen LogP contribution is -2.45. The van der Waals surface area contributed by atoms with Gasteiger partial charge in [-0.3, -0.25) is 13.8 Å². The topological polar surface area (TPSA) is 105 Å². The molecule has 9 heteroatoms. The number of carbonyl (C=O) groups excluding carboxylic acids is 1.